The maximum atomic E-state index is 13.2. The number of carboxylic acid groups (broad SMARTS) is 1. The van der Waals surface area contributed by atoms with Crippen molar-refractivity contribution in [3.63, 3.8) is 0 Å². The molecule has 22 heavy (non-hydrogen) atoms. The lowest BCUT2D eigenvalue weighted by atomic mass is 9.97. The van der Waals surface area contributed by atoms with E-state index >= 15 is 0 Å². The molecule has 0 spiro atoms. The standard InChI is InChI=1S/C14H13F3N2O3/c15-14(16,17)13(22,8-11(20)21)12-18-6-7-19(12)9-10-4-2-1-3-5-10/h1-7,22H,8-9H2,(H,20,21). The molecule has 8 heteroatoms. The highest BCUT2D eigenvalue weighted by Crippen LogP contribution is 2.41. The number of hydrogen-bond donors (Lipinski definition) is 2. The fourth-order valence-electron chi connectivity index (χ4n) is 2.11. The zero-order valence-corrected chi connectivity index (χ0v) is 11.3. The van der Waals surface area contributed by atoms with Gasteiger partial charge in [-0.1, -0.05) is 30.3 Å². The van der Waals surface area contributed by atoms with Crippen LogP contribution < -0.4 is 0 Å². The highest BCUT2D eigenvalue weighted by molar-refractivity contribution is 5.68. The Morgan fingerprint density at radius 1 is 1.23 bits per heavy atom. The highest BCUT2D eigenvalue weighted by atomic mass is 19.4. The van der Waals surface area contributed by atoms with Crippen molar-refractivity contribution in [1.29, 1.82) is 0 Å². The molecule has 0 fully saturated rings. The van der Waals surface area contributed by atoms with Gasteiger partial charge < -0.3 is 14.8 Å². The molecule has 0 radical (unpaired) electrons. The van der Waals surface area contributed by atoms with Crippen molar-refractivity contribution in [2.24, 2.45) is 0 Å². The molecule has 1 aromatic carbocycles. The Morgan fingerprint density at radius 3 is 2.41 bits per heavy atom. The molecule has 1 heterocycles. The minimum Gasteiger partial charge on any atom is -0.481 e. The van der Waals surface area contributed by atoms with Gasteiger partial charge in [-0.25, -0.2) is 4.98 Å². The predicted octanol–water partition coefficient (Wildman–Crippen LogP) is 2.16. The third-order valence-electron chi connectivity index (χ3n) is 3.16. The first-order chi connectivity index (χ1) is 10.2. The molecule has 5 nitrogen and oxygen atoms in total. The van der Waals surface area contributed by atoms with Gasteiger partial charge in [0.25, 0.3) is 0 Å². The van der Waals surface area contributed by atoms with E-state index < -0.39 is 30.0 Å². The first-order valence-electron chi connectivity index (χ1n) is 6.30. The first-order valence-corrected chi connectivity index (χ1v) is 6.30. The molecule has 0 amide bonds. The quantitative estimate of drug-likeness (QED) is 0.887. The second-order valence-corrected chi connectivity index (χ2v) is 4.79. The molecule has 0 bridgehead atoms. The van der Waals surface area contributed by atoms with E-state index in [-0.39, 0.29) is 6.54 Å². The monoisotopic (exact) mass is 314 g/mol. The van der Waals surface area contributed by atoms with E-state index in [0.717, 1.165) is 10.8 Å². The molecular weight excluding hydrogens is 301 g/mol. The van der Waals surface area contributed by atoms with Crippen LogP contribution in [0.5, 0.6) is 0 Å². The van der Waals surface area contributed by atoms with Crippen molar-refractivity contribution in [2.75, 3.05) is 0 Å². The lowest BCUT2D eigenvalue weighted by Gasteiger charge is -2.29. The minimum atomic E-state index is -5.16. The van der Waals surface area contributed by atoms with E-state index in [2.05, 4.69) is 4.98 Å². The van der Waals surface area contributed by atoms with E-state index in [4.69, 9.17) is 5.11 Å². The zero-order valence-electron chi connectivity index (χ0n) is 11.3. The van der Waals surface area contributed by atoms with E-state index in [1.165, 1.54) is 6.20 Å². The molecular formula is C14H13F3N2O3. The third-order valence-corrected chi connectivity index (χ3v) is 3.16. The summed E-state index contributed by atoms with van der Waals surface area (Å²) in [6.07, 6.45) is -4.31. The summed E-state index contributed by atoms with van der Waals surface area (Å²) in [7, 11) is 0. The molecule has 0 aliphatic heterocycles. The summed E-state index contributed by atoms with van der Waals surface area (Å²) >= 11 is 0. The van der Waals surface area contributed by atoms with Gasteiger partial charge in [0.05, 0.1) is 6.42 Å². The Hall–Kier alpha value is -2.35. The Bertz CT molecular complexity index is 655. The third kappa shape index (κ3) is 3.11. The number of rotatable bonds is 5. The van der Waals surface area contributed by atoms with Crippen molar-refractivity contribution >= 4 is 5.97 Å². The highest BCUT2D eigenvalue weighted by Gasteiger charge is 2.59. The summed E-state index contributed by atoms with van der Waals surface area (Å²) < 4.78 is 40.6. The van der Waals surface area contributed by atoms with Crippen LogP contribution >= 0.6 is 0 Å². The van der Waals surface area contributed by atoms with Crippen LogP contribution in [0.2, 0.25) is 0 Å². The topological polar surface area (TPSA) is 75.3 Å². The second-order valence-electron chi connectivity index (χ2n) is 4.79. The van der Waals surface area contributed by atoms with Crippen LogP contribution in [0.4, 0.5) is 13.2 Å². The molecule has 0 saturated heterocycles. The number of aromatic nitrogens is 2. The van der Waals surface area contributed by atoms with Crippen LogP contribution in [0, 0.1) is 0 Å². The van der Waals surface area contributed by atoms with Gasteiger partial charge in [0.15, 0.2) is 5.82 Å². The summed E-state index contributed by atoms with van der Waals surface area (Å²) in [5.74, 6) is -2.51. The summed E-state index contributed by atoms with van der Waals surface area (Å²) in [6, 6.07) is 8.61. The van der Waals surface area contributed by atoms with Crippen molar-refractivity contribution in [3.8, 4) is 0 Å². The number of alkyl halides is 3. The van der Waals surface area contributed by atoms with Gasteiger partial charge in [-0.3, -0.25) is 4.79 Å². The van der Waals surface area contributed by atoms with Gasteiger partial charge in [-0.15, -0.1) is 0 Å². The van der Waals surface area contributed by atoms with Gasteiger partial charge in [0.2, 0.25) is 5.60 Å². The molecule has 2 rings (SSSR count). The lowest BCUT2D eigenvalue weighted by molar-refractivity contribution is -0.272. The molecule has 2 aromatic rings. The number of carbonyl (C=O) groups is 1. The van der Waals surface area contributed by atoms with Crippen molar-refractivity contribution in [3.05, 3.63) is 54.1 Å². The molecule has 0 aliphatic rings. The molecule has 1 atom stereocenters. The number of hydrogen-bond acceptors (Lipinski definition) is 3. The van der Waals surface area contributed by atoms with Crippen LogP contribution in [0.15, 0.2) is 42.7 Å². The summed E-state index contributed by atoms with van der Waals surface area (Å²) in [4.78, 5) is 14.3. The van der Waals surface area contributed by atoms with Crippen LogP contribution in [-0.4, -0.2) is 31.9 Å². The van der Waals surface area contributed by atoms with Gasteiger partial charge in [-0.05, 0) is 5.56 Å². The van der Waals surface area contributed by atoms with E-state index in [9.17, 15) is 23.1 Å². The maximum absolute atomic E-state index is 13.2. The SMILES string of the molecule is O=C(O)CC(O)(c1nccn1Cc1ccccc1)C(F)(F)F. The smallest absolute Gasteiger partial charge is 0.425 e. The number of aliphatic hydroxyl groups is 1. The number of carboxylic acids is 1. The Balaban J connectivity index is 2.42. The molecule has 0 aliphatic carbocycles. The second kappa shape index (κ2) is 5.80. The fraction of sp³-hybridized carbons (Fsp3) is 0.286. The number of nitrogens with zero attached hydrogens (tertiary/aromatic N) is 2. The normalized spacial score (nSPS) is 14.5. The molecule has 2 N–H and O–H groups in total. The van der Waals surface area contributed by atoms with Crippen LogP contribution in [0.25, 0.3) is 0 Å². The number of halogens is 3. The van der Waals surface area contributed by atoms with E-state index in [1.54, 1.807) is 30.3 Å². The molecule has 0 saturated carbocycles. The first kappa shape index (κ1) is 16.0. The Kier molecular flexibility index (Phi) is 4.23. The fourth-order valence-corrected chi connectivity index (χ4v) is 2.11. The minimum absolute atomic E-state index is 0.0359. The van der Waals surface area contributed by atoms with E-state index in [1.807, 2.05) is 0 Å². The predicted molar refractivity (Wildman–Crippen MR) is 70.0 cm³/mol. The van der Waals surface area contributed by atoms with E-state index in [0.29, 0.717) is 5.56 Å². The Labute approximate surface area is 123 Å². The largest absolute Gasteiger partial charge is 0.481 e. The van der Waals surface area contributed by atoms with Crippen LogP contribution in [0.3, 0.4) is 0 Å². The van der Waals surface area contributed by atoms with Crippen LogP contribution in [0.1, 0.15) is 17.8 Å². The Morgan fingerprint density at radius 2 is 1.86 bits per heavy atom. The van der Waals surface area contributed by atoms with Crippen molar-refractivity contribution in [2.45, 2.75) is 24.7 Å². The van der Waals surface area contributed by atoms with Crippen molar-refractivity contribution in [1.82, 2.24) is 9.55 Å². The van der Waals surface area contributed by atoms with Crippen molar-refractivity contribution < 1.29 is 28.2 Å². The lowest BCUT2D eigenvalue weighted by Crippen LogP contribution is -2.46. The van der Waals surface area contributed by atoms with Gasteiger partial charge in [0, 0.05) is 18.9 Å². The molecule has 1 unspecified atom stereocenters. The van der Waals surface area contributed by atoms with Crippen LogP contribution in [-0.2, 0) is 16.9 Å². The molecule has 118 valence electrons. The number of aliphatic carboxylic acids is 1. The maximum Gasteiger partial charge on any atom is 0.425 e. The summed E-state index contributed by atoms with van der Waals surface area (Å²) in [5, 5.41) is 18.6. The summed E-state index contributed by atoms with van der Waals surface area (Å²) in [6.45, 7) is 0.0359. The summed E-state index contributed by atoms with van der Waals surface area (Å²) in [5.41, 5.74) is -2.85. The zero-order chi connectivity index (χ0) is 16.4. The number of imidazole rings is 1. The molecule has 1 aromatic heterocycles. The van der Waals surface area contributed by atoms with Gasteiger partial charge in [0.1, 0.15) is 0 Å². The number of benzene rings is 1. The van der Waals surface area contributed by atoms with Gasteiger partial charge in [-0.2, -0.15) is 13.2 Å². The van der Waals surface area contributed by atoms with Gasteiger partial charge >= 0.3 is 12.1 Å². The average Bonchev–Trinajstić information content (AvgIpc) is 2.86. The average molecular weight is 314 g/mol.